The Morgan fingerprint density at radius 2 is 1.91 bits per heavy atom. The first-order valence-corrected chi connectivity index (χ1v) is 3.56. The minimum atomic E-state index is -1.27. The van der Waals surface area contributed by atoms with Gasteiger partial charge in [-0.25, -0.2) is 0 Å². The molecule has 0 aromatic carbocycles. The van der Waals surface area contributed by atoms with Crippen molar-refractivity contribution < 1.29 is 20.1 Å². The van der Waals surface area contributed by atoms with Crippen molar-refractivity contribution in [3.63, 3.8) is 0 Å². The standard InChI is InChI=1S/C7H16O4/c1-5(6(9)4-8)11-7(2,3)10/h5-6,8-10H,4H2,1-3H3. The summed E-state index contributed by atoms with van der Waals surface area (Å²) in [7, 11) is 0. The molecule has 0 amide bonds. The smallest absolute Gasteiger partial charge is 0.160 e. The highest BCUT2D eigenvalue weighted by molar-refractivity contribution is 4.64. The summed E-state index contributed by atoms with van der Waals surface area (Å²) in [5.74, 6) is -1.27. The highest BCUT2D eigenvalue weighted by Gasteiger charge is 2.21. The second-order valence-electron chi connectivity index (χ2n) is 3.02. The van der Waals surface area contributed by atoms with Crippen LogP contribution >= 0.6 is 0 Å². The number of aliphatic hydroxyl groups excluding tert-OH is 2. The van der Waals surface area contributed by atoms with Gasteiger partial charge in [0.25, 0.3) is 0 Å². The molecule has 0 aliphatic rings. The van der Waals surface area contributed by atoms with Crippen LogP contribution in [0.3, 0.4) is 0 Å². The molecule has 4 heteroatoms. The van der Waals surface area contributed by atoms with E-state index in [0.29, 0.717) is 0 Å². The molecule has 3 N–H and O–H groups in total. The van der Waals surface area contributed by atoms with E-state index in [-0.39, 0.29) is 6.61 Å². The highest BCUT2D eigenvalue weighted by Crippen LogP contribution is 2.09. The lowest BCUT2D eigenvalue weighted by molar-refractivity contribution is -0.222. The molecule has 4 nitrogen and oxygen atoms in total. The van der Waals surface area contributed by atoms with Crippen molar-refractivity contribution in [2.24, 2.45) is 0 Å². The summed E-state index contributed by atoms with van der Waals surface area (Å²) in [5, 5.41) is 26.6. The number of ether oxygens (including phenoxy) is 1. The van der Waals surface area contributed by atoms with Gasteiger partial charge in [-0.1, -0.05) is 0 Å². The van der Waals surface area contributed by atoms with Crippen molar-refractivity contribution in [2.45, 2.75) is 38.8 Å². The topological polar surface area (TPSA) is 69.9 Å². The lowest BCUT2D eigenvalue weighted by atomic mass is 10.2. The summed E-state index contributed by atoms with van der Waals surface area (Å²) in [6.07, 6.45) is -1.51. The molecule has 0 heterocycles. The van der Waals surface area contributed by atoms with E-state index in [0.717, 1.165) is 0 Å². The molecule has 0 fully saturated rings. The Morgan fingerprint density at radius 1 is 1.45 bits per heavy atom. The van der Waals surface area contributed by atoms with Gasteiger partial charge in [-0.05, 0) is 20.8 Å². The monoisotopic (exact) mass is 164 g/mol. The summed E-state index contributed by atoms with van der Waals surface area (Å²) in [4.78, 5) is 0. The third-order valence-electron chi connectivity index (χ3n) is 1.20. The zero-order chi connectivity index (χ0) is 9.07. The van der Waals surface area contributed by atoms with Crippen LogP contribution < -0.4 is 0 Å². The first-order valence-electron chi connectivity index (χ1n) is 3.56. The second kappa shape index (κ2) is 4.01. The Hall–Kier alpha value is -0.160. The first-order chi connectivity index (χ1) is 4.87. The maximum atomic E-state index is 9.12. The molecule has 0 aliphatic carbocycles. The van der Waals surface area contributed by atoms with Gasteiger partial charge in [0, 0.05) is 0 Å². The molecule has 0 rings (SSSR count). The van der Waals surface area contributed by atoms with Gasteiger partial charge >= 0.3 is 0 Å². The predicted octanol–water partition coefficient (Wildman–Crippen LogP) is -0.527. The molecule has 0 saturated heterocycles. The van der Waals surface area contributed by atoms with Crippen LogP contribution in [-0.4, -0.2) is 39.9 Å². The van der Waals surface area contributed by atoms with E-state index in [1.165, 1.54) is 13.8 Å². The largest absolute Gasteiger partial charge is 0.394 e. The molecule has 0 aliphatic heterocycles. The van der Waals surface area contributed by atoms with E-state index in [2.05, 4.69) is 0 Å². The fraction of sp³-hybridized carbons (Fsp3) is 1.00. The molecule has 0 bridgehead atoms. The van der Waals surface area contributed by atoms with Gasteiger partial charge in [0.05, 0.1) is 12.7 Å². The number of hydrogen-bond acceptors (Lipinski definition) is 4. The van der Waals surface area contributed by atoms with Crippen molar-refractivity contribution in [1.29, 1.82) is 0 Å². The fourth-order valence-corrected chi connectivity index (χ4v) is 0.682. The quantitative estimate of drug-likeness (QED) is 0.489. The van der Waals surface area contributed by atoms with E-state index in [9.17, 15) is 0 Å². The molecule has 0 aromatic heterocycles. The Morgan fingerprint density at radius 3 is 2.18 bits per heavy atom. The van der Waals surface area contributed by atoms with Gasteiger partial charge in [0.1, 0.15) is 6.10 Å². The molecule has 2 atom stereocenters. The highest BCUT2D eigenvalue weighted by atomic mass is 16.6. The van der Waals surface area contributed by atoms with Gasteiger partial charge in [0.2, 0.25) is 0 Å². The van der Waals surface area contributed by atoms with Crippen molar-refractivity contribution in [1.82, 2.24) is 0 Å². The maximum Gasteiger partial charge on any atom is 0.160 e. The van der Waals surface area contributed by atoms with Crippen LogP contribution in [0.25, 0.3) is 0 Å². The SMILES string of the molecule is CC(OC(C)(C)O)C(O)CO. The molecule has 0 saturated carbocycles. The van der Waals surface area contributed by atoms with Gasteiger partial charge in [-0.15, -0.1) is 0 Å². The molecule has 11 heavy (non-hydrogen) atoms. The zero-order valence-electron chi connectivity index (χ0n) is 7.11. The van der Waals surface area contributed by atoms with Crippen molar-refractivity contribution >= 4 is 0 Å². The van der Waals surface area contributed by atoms with Crippen LogP contribution in [0.5, 0.6) is 0 Å². The third-order valence-corrected chi connectivity index (χ3v) is 1.20. The molecule has 68 valence electrons. The van der Waals surface area contributed by atoms with Crippen molar-refractivity contribution in [2.75, 3.05) is 6.61 Å². The fourth-order valence-electron chi connectivity index (χ4n) is 0.682. The van der Waals surface area contributed by atoms with Crippen LogP contribution in [0, 0.1) is 0 Å². The predicted molar refractivity (Wildman–Crippen MR) is 39.9 cm³/mol. The van der Waals surface area contributed by atoms with Crippen molar-refractivity contribution in [3.8, 4) is 0 Å². The lowest BCUT2D eigenvalue weighted by Crippen LogP contribution is -2.37. The van der Waals surface area contributed by atoms with E-state index < -0.39 is 18.0 Å². The van der Waals surface area contributed by atoms with Crippen LogP contribution in [0.15, 0.2) is 0 Å². The summed E-state index contributed by atoms with van der Waals surface area (Å²) in [6.45, 7) is 4.15. The molecule has 0 aromatic rings. The van der Waals surface area contributed by atoms with Gasteiger partial charge < -0.3 is 20.1 Å². The van der Waals surface area contributed by atoms with Gasteiger partial charge in [-0.3, -0.25) is 0 Å². The molecular weight excluding hydrogens is 148 g/mol. The Kier molecular flexibility index (Phi) is 3.96. The summed E-state index contributed by atoms with van der Waals surface area (Å²) in [5.41, 5.74) is 0. The first kappa shape index (κ1) is 10.8. The average Bonchev–Trinajstić information content (AvgIpc) is 1.82. The lowest BCUT2D eigenvalue weighted by Gasteiger charge is -2.25. The molecule has 0 spiro atoms. The summed E-state index contributed by atoms with van der Waals surface area (Å²) < 4.78 is 4.94. The number of hydrogen-bond donors (Lipinski definition) is 3. The zero-order valence-corrected chi connectivity index (χ0v) is 7.11. The summed E-state index contributed by atoms with van der Waals surface area (Å²) in [6, 6.07) is 0. The summed E-state index contributed by atoms with van der Waals surface area (Å²) >= 11 is 0. The van der Waals surface area contributed by atoms with Gasteiger partial charge in [-0.2, -0.15) is 0 Å². The third kappa shape index (κ3) is 5.15. The van der Waals surface area contributed by atoms with Crippen LogP contribution in [0.4, 0.5) is 0 Å². The average molecular weight is 164 g/mol. The van der Waals surface area contributed by atoms with E-state index in [1.54, 1.807) is 6.92 Å². The molecule has 0 radical (unpaired) electrons. The van der Waals surface area contributed by atoms with E-state index >= 15 is 0 Å². The minimum absolute atomic E-state index is 0.364. The van der Waals surface area contributed by atoms with Gasteiger partial charge in [0.15, 0.2) is 5.79 Å². The van der Waals surface area contributed by atoms with E-state index in [4.69, 9.17) is 20.1 Å². The molecular formula is C7H16O4. The van der Waals surface area contributed by atoms with Crippen molar-refractivity contribution in [3.05, 3.63) is 0 Å². The second-order valence-corrected chi connectivity index (χ2v) is 3.02. The maximum absolute atomic E-state index is 9.12. The minimum Gasteiger partial charge on any atom is -0.394 e. The van der Waals surface area contributed by atoms with Crippen LogP contribution in [0.2, 0.25) is 0 Å². The van der Waals surface area contributed by atoms with E-state index in [1.807, 2.05) is 0 Å². The number of rotatable bonds is 4. The Balaban J connectivity index is 3.77. The Labute approximate surface area is 66.4 Å². The van der Waals surface area contributed by atoms with Crippen LogP contribution in [-0.2, 0) is 4.74 Å². The molecule has 2 unspecified atom stereocenters. The Bertz CT molecular complexity index is 107. The van der Waals surface area contributed by atoms with Crippen LogP contribution in [0.1, 0.15) is 20.8 Å². The number of aliphatic hydroxyl groups is 3. The normalized spacial score (nSPS) is 18.0.